The first-order valence-corrected chi connectivity index (χ1v) is 7.94. The number of carbonyl (C=O) groups excluding carboxylic acids is 1. The molecule has 4 heteroatoms. The van der Waals surface area contributed by atoms with Gasteiger partial charge in [-0.2, -0.15) is 5.10 Å². The number of aryl methyl sites for hydroxylation is 1. The number of hydrazone groups is 1. The van der Waals surface area contributed by atoms with Crippen molar-refractivity contribution >= 4 is 23.5 Å². The molecule has 1 N–H and O–H groups in total. The monoisotopic (exact) mass is 300 g/mol. The Hall–Kier alpha value is -1.94. The van der Waals surface area contributed by atoms with Crippen molar-refractivity contribution in [2.24, 2.45) is 5.10 Å². The first-order chi connectivity index (χ1) is 10.1. The van der Waals surface area contributed by atoms with Gasteiger partial charge in [0.15, 0.2) is 0 Å². The van der Waals surface area contributed by atoms with Crippen LogP contribution in [0.25, 0.3) is 0 Å². The number of hydrogen-bond donors (Lipinski definition) is 1. The van der Waals surface area contributed by atoms with E-state index in [1.165, 1.54) is 10.4 Å². The number of carbonyl (C=O) groups is 1. The van der Waals surface area contributed by atoms with Gasteiger partial charge in [-0.15, -0.1) is 11.3 Å². The molecule has 21 heavy (non-hydrogen) atoms. The van der Waals surface area contributed by atoms with E-state index in [1.807, 2.05) is 30.3 Å². The minimum absolute atomic E-state index is 0.186. The fourth-order valence-corrected chi connectivity index (χ4v) is 2.72. The summed E-state index contributed by atoms with van der Waals surface area (Å²) in [5.74, 6) is 0.278. The maximum absolute atomic E-state index is 12.0. The lowest BCUT2D eigenvalue weighted by molar-refractivity contribution is 0.0955. The van der Waals surface area contributed by atoms with Gasteiger partial charge in [0.2, 0.25) is 0 Å². The Labute approximate surface area is 129 Å². The summed E-state index contributed by atoms with van der Waals surface area (Å²) in [7, 11) is 0. The van der Waals surface area contributed by atoms with Crippen LogP contribution in [0.2, 0.25) is 0 Å². The molecule has 0 bridgehead atoms. The average molecular weight is 300 g/mol. The minimum Gasteiger partial charge on any atom is -0.267 e. The van der Waals surface area contributed by atoms with E-state index in [4.69, 9.17) is 0 Å². The van der Waals surface area contributed by atoms with Crippen molar-refractivity contribution in [2.45, 2.75) is 33.1 Å². The lowest BCUT2D eigenvalue weighted by Crippen LogP contribution is -2.17. The van der Waals surface area contributed by atoms with Crippen LogP contribution in [-0.4, -0.2) is 12.1 Å². The first-order valence-electron chi connectivity index (χ1n) is 7.12. The molecule has 0 saturated carbocycles. The van der Waals surface area contributed by atoms with E-state index in [1.54, 1.807) is 17.6 Å². The molecule has 0 aliphatic carbocycles. The molecule has 3 nitrogen and oxygen atoms in total. The van der Waals surface area contributed by atoms with Gasteiger partial charge in [-0.25, -0.2) is 5.43 Å². The van der Waals surface area contributed by atoms with Crippen molar-refractivity contribution in [3.8, 4) is 0 Å². The molecule has 1 aromatic carbocycles. The van der Waals surface area contributed by atoms with Gasteiger partial charge in [-0.05, 0) is 42.2 Å². The minimum atomic E-state index is -0.186. The molecule has 1 heterocycles. The summed E-state index contributed by atoms with van der Waals surface area (Å²) in [6.45, 7) is 6.38. The van der Waals surface area contributed by atoms with Crippen molar-refractivity contribution in [3.05, 3.63) is 57.3 Å². The SMILES string of the molecule is CCc1ccc(/C=N/NC(=O)c2ccc(C(C)C)cc2)s1. The molecule has 0 fully saturated rings. The van der Waals surface area contributed by atoms with Crippen molar-refractivity contribution < 1.29 is 4.79 Å². The second-order valence-electron chi connectivity index (χ2n) is 5.13. The molecule has 110 valence electrons. The lowest BCUT2D eigenvalue weighted by atomic mass is 10.0. The quantitative estimate of drug-likeness (QED) is 0.652. The number of thiophene rings is 1. The highest BCUT2D eigenvalue weighted by Gasteiger charge is 2.05. The Morgan fingerprint density at radius 3 is 2.52 bits per heavy atom. The third-order valence-electron chi connectivity index (χ3n) is 3.23. The highest BCUT2D eigenvalue weighted by atomic mass is 32.1. The number of hydrogen-bond acceptors (Lipinski definition) is 3. The van der Waals surface area contributed by atoms with E-state index in [9.17, 15) is 4.79 Å². The fourth-order valence-electron chi connectivity index (χ4n) is 1.89. The predicted octanol–water partition coefficient (Wildman–Crippen LogP) is 4.20. The number of amides is 1. The van der Waals surface area contributed by atoms with Crippen LogP contribution in [0.3, 0.4) is 0 Å². The normalized spacial score (nSPS) is 11.2. The van der Waals surface area contributed by atoms with Crippen LogP contribution >= 0.6 is 11.3 Å². The molecule has 0 radical (unpaired) electrons. The summed E-state index contributed by atoms with van der Waals surface area (Å²) in [4.78, 5) is 14.3. The molecule has 0 aliphatic rings. The van der Waals surface area contributed by atoms with Gasteiger partial charge in [-0.1, -0.05) is 32.9 Å². The number of benzene rings is 1. The number of nitrogens with one attached hydrogen (secondary N) is 1. The summed E-state index contributed by atoms with van der Waals surface area (Å²) in [6, 6.07) is 11.7. The zero-order valence-electron chi connectivity index (χ0n) is 12.6. The summed E-state index contributed by atoms with van der Waals surface area (Å²) in [5.41, 5.74) is 4.41. The Kier molecular flexibility index (Phi) is 5.28. The molecule has 1 aromatic heterocycles. The highest BCUT2D eigenvalue weighted by Crippen LogP contribution is 2.15. The lowest BCUT2D eigenvalue weighted by Gasteiger charge is -2.05. The molecule has 0 aliphatic heterocycles. The maximum atomic E-state index is 12.0. The Balaban J connectivity index is 1.94. The maximum Gasteiger partial charge on any atom is 0.271 e. The van der Waals surface area contributed by atoms with Gasteiger partial charge < -0.3 is 0 Å². The summed E-state index contributed by atoms with van der Waals surface area (Å²) in [5, 5.41) is 4.01. The molecule has 1 amide bonds. The third kappa shape index (κ3) is 4.26. The van der Waals surface area contributed by atoms with Crippen molar-refractivity contribution in [2.75, 3.05) is 0 Å². The van der Waals surface area contributed by atoms with Gasteiger partial charge in [0.25, 0.3) is 5.91 Å². The van der Waals surface area contributed by atoms with Crippen LogP contribution < -0.4 is 5.43 Å². The second kappa shape index (κ2) is 7.18. The van der Waals surface area contributed by atoms with E-state index in [0.717, 1.165) is 11.3 Å². The summed E-state index contributed by atoms with van der Waals surface area (Å²) < 4.78 is 0. The van der Waals surface area contributed by atoms with Gasteiger partial charge in [0, 0.05) is 15.3 Å². The van der Waals surface area contributed by atoms with Gasteiger partial charge in [0.1, 0.15) is 0 Å². The van der Waals surface area contributed by atoms with E-state index in [2.05, 4.69) is 37.4 Å². The number of rotatable bonds is 5. The standard InChI is InChI=1S/C17H20N2OS/c1-4-15-9-10-16(21-15)11-18-19-17(20)14-7-5-13(6-8-14)12(2)3/h5-12H,4H2,1-3H3,(H,19,20)/b18-11+. The topological polar surface area (TPSA) is 41.5 Å². The average Bonchev–Trinajstić information content (AvgIpc) is 2.95. The molecule has 2 aromatic rings. The molecule has 0 unspecified atom stereocenters. The largest absolute Gasteiger partial charge is 0.271 e. The van der Waals surface area contributed by atoms with Gasteiger partial charge in [0.05, 0.1) is 6.21 Å². The zero-order valence-corrected chi connectivity index (χ0v) is 13.4. The van der Waals surface area contributed by atoms with E-state index < -0.39 is 0 Å². The van der Waals surface area contributed by atoms with Crippen LogP contribution in [0, 0.1) is 0 Å². The molecule has 0 atom stereocenters. The van der Waals surface area contributed by atoms with Crippen molar-refractivity contribution in [1.29, 1.82) is 0 Å². The molecule has 0 saturated heterocycles. The third-order valence-corrected chi connectivity index (χ3v) is 4.39. The Morgan fingerprint density at radius 2 is 1.95 bits per heavy atom. The molecular formula is C17H20N2OS. The Morgan fingerprint density at radius 1 is 1.24 bits per heavy atom. The summed E-state index contributed by atoms with van der Waals surface area (Å²) in [6.07, 6.45) is 2.71. The molecule has 0 spiro atoms. The van der Waals surface area contributed by atoms with Gasteiger partial charge >= 0.3 is 0 Å². The van der Waals surface area contributed by atoms with Crippen LogP contribution in [0.1, 0.15) is 52.4 Å². The van der Waals surface area contributed by atoms with Crippen LogP contribution in [0.5, 0.6) is 0 Å². The Bertz CT molecular complexity index is 626. The highest BCUT2D eigenvalue weighted by molar-refractivity contribution is 7.13. The molecular weight excluding hydrogens is 280 g/mol. The van der Waals surface area contributed by atoms with E-state index in [0.29, 0.717) is 11.5 Å². The summed E-state index contributed by atoms with van der Waals surface area (Å²) >= 11 is 1.68. The second-order valence-corrected chi connectivity index (χ2v) is 6.33. The van der Waals surface area contributed by atoms with Crippen LogP contribution in [-0.2, 0) is 6.42 Å². The van der Waals surface area contributed by atoms with E-state index in [-0.39, 0.29) is 5.91 Å². The van der Waals surface area contributed by atoms with Crippen molar-refractivity contribution in [1.82, 2.24) is 5.43 Å². The van der Waals surface area contributed by atoms with E-state index >= 15 is 0 Å². The zero-order chi connectivity index (χ0) is 15.2. The van der Waals surface area contributed by atoms with Gasteiger partial charge in [-0.3, -0.25) is 4.79 Å². The predicted molar refractivity (Wildman–Crippen MR) is 89.3 cm³/mol. The fraction of sp³-hybridized carbons (Fsp3) is 0.294. The van der Waals surface area contributed by atoms with Crippen LogP contribution in [0.15, 0.2) is 41.5 Å². The smallest absolute Gasteiger partial charge is 0.267 e. The van der Waals surface area contributed by atoms with Crippen LogP contribution in [0.4, 0.5) is 0 Å². The first kappa shape index (κ1) is 15.4. The number of nitrogens with zero attached hydrogens (tertiary/aromatic N) is 1. The molecule has 2 rings (SSSR count). The van der Waals surface area contributed by atoms with Crippen molar-refractivity contribution in [3.63, 3.8) is 0 Å².